The molecule has 0 bridgehead atoms. The third kappa shape index (κ3) is 2.12. The lowest BCUT2D eigenvalue weighted by atomic mass is 10.1. The highest BCUT2D eigenvalue weighted by Gasteiger charge is 2.30. The molecular formula is C14H20N2O. The molecule has 2 saturated heterocycles. The average Bonchev–Trinajstić information content (AvgIpc) is 2.86. The normalized spacial score (nSPS) is 24.8. The molecule has 0 aliphatic carbocycles. The minimum atomic E-state index is 0.783. The largest absolute Gasteiger partial charge is 0.497 e. The summed E-state index contributed by atoms with van der Waals surface area (Å²) in [4.78, 5) is 5.14. The summed E-state index contributed by atoms with van der Waals surface area (Å²) < 4.78 is 5.20. The van der Waals surface area contributed by atoms with Crippen LogP contribution in [0.5, 0.6) is 5.75 Å². The Labute approximate surface area is 103 Å². The molecule has 3 nitrogen and oxygen atoms in total. The van der Waals surface area contributed by atoms with E-state index in [1.807, 2.05) is 0 Å². The average molecular weight is 232 g/mol. The van der Waals surface area contributed by atoms with Crippen molar-refractivity contribution in [2.75, 3.05) is 38.2 Å². The molecule has 1 aromatic rings. The first-order chi connectivity index (χ1) is 8.36. The number of piperazine rings is 1. The Morgan fingerprint density at radius 2 is 1.94 bits per heavy atom. The number of hydrogen-bond donors (Lipinski definition) is 0. The summed E-state index contributed by atoms with van der Waals surface area (Å²) in [6.45, 7) is 4.87. The molecule has 0 amide bonds. The molecule has 1 atom stereocenters. The lowest BCUT2D eigenvalue weighted by Gasteiger charge is -2.38. The molecule has 2 heterocycles. The number of hydrogen-bond acceptors (Lipinski definition) is 3. The highest BCUT2D eigenvalue weighted by atomic mass is 16.5. The molecule has 2 aliphatic rings. The molecular weight excluding hydrogens is 212 g/mol. The van der Waals surface area contributed by atoms with Crippen molar-refractivity contribution in [3.05, 3.63) is 24.3 Å². The summed E-state index contributed by atoms with van der Waals surface area (Å²) in [5.74, 6) is 0.938. The topological polar surface area (TPSA) is 15.7 Å². The Morgan fingerprint density at radius 1 is 1.12 bits per heavy atom. The van der Waals surface area contributed by atoms with Crippen molar-refractivity contribution < 1.29 is 4.74 Å². The lowest BCUT2D eigenvalue weighted by Crippen LogP contribution is -2.50. The summed E-state index contributed by atoms with van der Waals surface area (Å²) in [6.07, 6.45) is 2.74. The number of nitrogens with zero attached hydrogens (tertiary/aromatic N) is 2. The quantitative estimate of drug-likeness (QED) is 0.775. The Kier molecular flexibility index (Phi) is 2.93. The first kappa shape index (κ1) is 10.9. The fraction of sp³-hybridized carbons (Fsp3) is 0.571. The first-order valence-electron chi connectivity index (χ1n) is 6.50. The monoisotopic (exact) mass is 232 g/mol. The van der Waals surface area contributed by atoms with Gasteiger partial charge in [0.2, 0.25) is 0 Å². The van der Waals surface area contributed by atoms with E-state index in [4.69, 9.17) is 4.74 Å². The van der Waals surface area contributed by atoms with Crippen LogP contribution in [0.1, 0.15) is 12.8 Å². The molecule has 0 saturated carbocycles. The van der Waals surface area contributed by atoms with Gasteiger partial charge in [-0.1, -0.05) is 0 Å². The number of benzene rings is 1. The zero-order valence-corrected chi connectivity index (χ0v) is 10.4. The Morgan fingerprint density at radius 3 is 2.71 bits per heavy atom. The lowest BCUT2D eigenvalue weighted by molar-refractivity contribution is 0.231. The number of ether oxygens (including phenoxy) is 1. The van der Waals surface area contributed by atoms with Crippen LogP contribution in [0, 0.1) is 0 Å². The van der Waals surface area contributed by atoms with E-state index in [1.54, 1.807) is 7.11 Å². The zero-order chi connectivity index (χ0) is 11.7. The van der Waals surface area contributed by atoms with Gasteiger partial charge in [-0.2, -0.15) is 0 Å². The van der Waals surface area contributed by atoms with Crippen molar-refractivity contribution in [1.29, 1.82) is 0 Å². The molecule has 92 valence electrons. The maximum Gasteiger partial charge on any atom is 0.119 e. The third-order valence-corrected chi connectivity index (χ3v) is 4.02. The van der Waals surface area contributed by atoms with E-state index in [1.165, 1.54) is 38.2 Å². The van der Waals surface area contributed by atoms with Crippen LogP contribution >= 0.6 is 0 Å². The molecule has 0 aromatic heterocycles. The molecule has 0 radical (unpaired) electrons. The SMILES string of the molecule is COc1ccc(N2CCN3CCCC3C2)cc1. The molecule has 2 fully saturated rings. The van der Waals surface area contributed by atoms with Crippen molar-refractivity contribution in [2.45, 2.75) is 18.9 Å². The van der Waals surface area contributed by atoms with Crippen LogP contribution in [-0.4, -0.2) is 44.2 Å². The van der Waals surface area contributed by atoms with Gasteiger partial charge in [0.15, 0.2) is 0 Å². The molecule has 0 N–H and O–H groups in total. The second kappa shape index (κ2) is 4.57. The fourth-order valence-electron chi connectivity index (χ4n) is 3.02. The van der Waals surface area contributed by atoms with Gasteiger partial charge in [0.05, 0.1) is 7.11 Å². The molecule has 1 aromatic carbocycles. The van der Waals surface area contributed by atoms with Crippen molar-refractivity contribution >= 4 is 5.69 Å². The van der Waals surface area contributed by atoms with Gasteiger partial charge in [-0.25, -0.2) is 0 Å². The Balaban J connectivity index is 1.71. The van der Waals surface area contributed by atoms with E-state index in [-0.39, 0.29) is 0 Å². The molecule has 1 unspecified atom stereocenters. The van der Waals surface area contributed by atoms with Crippen LogP contribution < -0.4 is 9.64 Å². The van der Waals surface area contributed by atoms with Crippen LogP contribution in [0.25, 0.3) is 0 Å². The minimum absolute atomic E-state index is 0.783. The van der Waals surface area contributed by atoms with Crippen LogP contribution in [0.3, 0.4) is 0 Å². The first-order valence-corrected chi connectivity index (χ1v) is 6.50. The summed E-state index contributed by atoms with van der Waals surface area (Å²) >= 11 is 0. The predicted octanol–water partition coefficient (Wildman–Crippen LogP) is 1.98. The fourth-order valence-corrected chi connectivity index (χ4v) is 3.02. The molecule has 3 rings (SSSR count). The molecule has 0 spiro atoms. The highest BCUT2D eigenvalue weighted by molar-refractivity contribution is 5.49. The van der Waals surface area contributed by atoms with E-state index in [0.717, 1.165) is 18.3 Å². The van der Waals surface area contributed by atoms with Crippen molar-refractivity contribution in [2.24, 2.45) is 0 Å². The Hall–Kier alpha value is -1.22. The maximum absolute atomic E-state index is 5.20. The smallest absolute Gasteiger partial charge is 0.119 e. The highest BCUT2D eigenvalue weighted by Crippen LogP contribution is 2.26. The van der Waals surface area contributed by atoms with Gasteiger partial charge in [0.1, 0.15) is 5.75 Å². The summed E-state index contributed by atoms with van der Waals surface area (Å²) in [5, 5.41) is 0. The predicted molar refractivity (Wildman–Crippen MR) is 69.8 cm³/mol. The van der Waals surface area contributed by atoms with Crippen LogP contribution in [-0.2, 0) is 0 Å². The second-order valence-electron chi connectivity index (χ2n) is 4.98. The van der Waals surface area contributed by atoms with Crippen molar-refractivity contribution in [3.8, 4) is 5.75 Å². The summed E-state index contributed by atoms with van der Waals surface area (Å²) in [5.41, 5.74) is 1.33. The molecule has 2 aliphatic heterocycles. The minimum Gasteiger partial charge on any atom is -0.497 e. The van der Waals surface area contributed by atoms with Gasteiger partial charge in [-0.15, -0.1) is 0 Å². The standard InChI is InChI=1S/C14H20N2O/c1-17-14-6-4-12(5-7-14)16-10-9-15-8-2-3-13(15)11-16/h4-7,13H,2-3,8-11H2,1H3. The summed E-state index contributed by atoms with van der Waals surface area (Å²) in [6, 6.07) is 9.23. The second-order valence-corrected chi connectivity index (χ2v) is 4.98. The third-order valence-electron chi connectivity index (χ3n) is 4.02. The number of methoxy groups -OCH3 is 1. The van der Waals surface area contributed by atoms with E-state index in [2.05, 4.69) is 34.1 Å². The maximum atomic E-state index is 5.20. The van der Waals surface area contributed by atoms with E-state index in [0.29, 0.717) is 0 Å². The number of anilines is 1. The van der Waals surface area contributed by atoms with Gasteiger partial charge >= 0.3 is 0 Å². The van der Waals surface area contributed by atoms with Gasteiger partial charge in [0, 0.05) is 31.4 Å². The summed E-state index contributed by atoms with van der Waals surface area (Å²) in [7, 11) is 1.71. The van der Waals surface area contributed by atoms with E-state index >= 15 is 0 Å². The molecule has 17 heavy (non-hydrogen) atoms. The van der Waals surface area contributed by atoms with E-state index < -0.39 is 0 Å². The van der Waals surface area contributed by atoms with Crippen molar-refractivity contribution in [3.63, 3.8) is 0 Å². The molecule has 3 heteroatoms. The van der Waals surface area contributed by atoms with Crippen LogP contribution in [0.4, 0.5) is 5.69 Å². The van der Waals surface area contributed by atoms with Crippen LogP contribution in [0.2, 0.25) is 0 Å². The number of fused-ring (bicyclic) bond motifs is 1. The van der Waals surface area contributed by atoms with Crippen LogP contribution in [0.15, 0.2) is 24.3 Å². The van der Waals surface area contributed by atoms with Gasteiger partial charge in [-0.3, -0.25) is 4.90 Å². The number of rotatable bonds is 2. The van der Waals surface area contributed by atoms with Gasteiger partial charge in [0.25, 0.3) is 0 Å². The van der Waals surface area contributed by atoms with Gasteiger partial charge < -0.3 is 9.64 Å². The van der Waals surface area contributed by atoms with E-state index in [9.17, 15) is 0 Å². The zero-order valence-electron chi connectivity index (χ0n) is 10.4. The van der Waals surface area contributed by atoms with Crippen molar-refractivity contribution in [1.82, 2.24) is 4.90 Å². The van der Waals surface area contributed by atoms with Gasteiger partial charge in [-0.05, 0) is 43.7 Å². The Bertz CT molecular complexity index is 376.